The highest BCUT2D eigenvalue weighted by atomic mass is 15.3. The molecule has 12 heavy (non-hydrogen) atoms. The van der Waals surface area contributed by atoms with Gasteiger partial charge >= 0.3 is 0 Å². The first kappa shape index (κ1) is 8.52. The highest BCUT2D eigenvalue weighted by molar-refractivity contribution is 4.87. The summed E-state index contributed by atoms with van der Waals surface area (Å²) in [6.07, 6.45) is 4.24. The summed E-state index contributed by atoms with van der Waals surface area (Å²) >= 11 is 0. The van der Waals surface area contributed by atoms with Crippen molar-refractivity contribution in [3.8, 4) is 0 Å². The minimum atomic E-state index is 0.980. The monoisotopic (exact) mass is 168 g/mol. The standard InChI is InChI=1S/C10H20N2/c1-2-5-11-6-8-12(9-7-11)10-3-4-10/h10H,2-9H2,1H3. The summed E-state index contributed by atoms with van der Waals surface area (Å²) in [4.78, 5) is 5.27. The second kappa shape index (κ2) is 3.75. The lowest BCUT2D eigenvalue weighted by molar-refractivity contribution is 0.127. The zero-order valence-corrected chi connectivity index (χ0v) is 8.13. The van der Waals surface area contributed by atoms with E-state index in [0.29, 0.717) is 0 Å². The van der Waals surface area contributed by atoms with Gasteiger partial charge in [0, 0.05) is 32.2 Å². The topological polar surface area (TPSA) is 6.48 Å². The molecule has 2 nitrogen and oxygen atoms in total. The third-order valence-corrected chi connectivity index (χ3v) is 3.01. The van der Waals surface area contributed by atoms with Crippen LogP contribution in [-0.2, 0) is 0 Å². The Balaban J connectivity index is 1.69. The van der Waals surface area contributed by atoms with Crippen molar-refractivity contribution in [3.05, 3.63) is 0 Å². The van der Waals surface area contributed by atoms with E-state index >= 15 is 0 Å². The van der Waals surface area contributed by atoms with E-state index in [4.69, 9.17) is 0 Å². The van der Waals surface area contributed by atoms with Crippen LogP contribution in [0.25, 0.3) is 0 Å². The van der Waals surface area contributed by atoms with Crippen LogP contribution in [0.1, 0.15) is 26.2 Å². The fourth-order valence-corrected chi connectivity index (χ4v) is 2.11. The molecule has 0 aromatic carbocycles. The minimum Gasteiger partial charge on any atom is -0.301 e. The van der Waals surface area contributed by atoms with Gasteiger partial charge in [0.15, 0.2) is 0 Å². The first-order chi connectivity index (χ1) is 5.90. The van der Waals surface area contributed by atoms with Crippen molar-refractivity contribution >= 4 is 0 Å². The molecule has 2 fully saturated rings. The molecule has 0 aromatic rings. The Labute approximate surface area is 75.5 Å². The van der Waals surface area contributed by atoms with Crippen LogP contribution in [0.5, 0.6) is 0 Å². The van der Waals surface area contributed by atoms with E-state index in [0.717, 1.165) is 6.04 Å². The van der Waals surface area contributed by atoms with E-state index in [1.165, 1.54) is 52.0 Å². The van der Waals surface area contributed by atoms with Crippen LogP contribution in [0, 0.1) is 0 Å². The van der Waals surface area contributed by atoms with E-state index < -0.39 is 0 Å². The molecular weight excluding hydrogens is 148 g/mol. The second-order valence-corrected chi connectivity index (χ2v) is 4.11. The van der Waals surface area contributed by atoms with Gasteiger partial charge in [-0.3, -0.25) is 4.90 Å². The van der Waals surface area contributed by atoms with Crippen molar-refractivity contribution in [2.45, 2.75) is 32.2 Å². The highest BCUT2D eigenvalue weighted by Gasteiger charge is 2.30. The van der Waals surface area contributed by atoms with Gasteiger partial charge in [-0.05, 0) is 25.8 Å². The van der Waals surface area contributed by atoms with Crippen molar-refractivity contribution in [2.75, 3.05) is 32.7 Å². The second-order valence-electron chi connectivity index (χ2n) is 4.11. The summed E-state index contributed by atoms with van der Waals surface area (Å²) in [5.41, 5.74) is 0. The first-order valence-electron chi connectivity index (χ1n) is 5.36. The summed E-state index contributed by atoms with van der Waals surface area (Å²) < 4.78 is 0. The normalized spacial score (nSPS) is 27.8. The predicted molar refractivity (Wildman–Crippen MR) is 51.3 cm³/mol. The van der Waals surface area contributed by atoms with Gasteiger partial charge in [0.1, 0.15) is 0 Å². The maximum atomic E-state index is 2.67. The van der Waals surface area contributed by atoms with Gasteiger partial charge in [-0.25, -0.2) is 0 Å². The fourth-order valence-electron chi connectivity index (χ4n) is 2.11. The summed E-state index contributed by atoms with van der Waals surface area (Å²) in [6.45, 7) is 8.84. The van der Waals surface area contributed by atoms with Crippen molar-refractivity contribution in [1.29, 1.82) is 0 Å². The number of nitrogens with zero attached hydrogens (tertiary/aromatic N) is 2. The van der Waals surface area contributed by atoms with Gasteiger partial charge in [0.2, 0.25) is 0 Å². The van der Waals surface area contributed by atoms with E-state index in [2.05, 4.69) is 16.7 Å². The molecule has 0 atom stereocenters. The molecule has 0 amide bonds. The van der Waals surface area contributed by atoms with Crippen molar-refractivity contribution in [2.24, 2.45) is 0 Å². The minimum absolute atomic E-state index is 0.980. The van der Waals surface area contributed by atoms with Crippen LogP contribution in [0.2, 0.25) is 0 Å². The zero-order valence-electron chi connectivity index (χ0n) is 8.13. The molecule has 0 unspecified atom stereocenters. The van der Waals surface area contributed by atoms with Gasteiger partial charge in [-0.1, -0.05) is 6.92 Å². The largest absolute Gasteiger partial charge is 0.301 e. The van der Waals surface area contributed by atoms with Crippen LogP contribution >= 0.6 is 0 Å². The molecule has 0 radical (unpaired) electrons. The maximum Gasteiger partial charge on any atom is 0.0113 e. The molecule has 2 aliphatic rings. The number of piperazine rings is 1. The predicted octanol–water partition coefficient (Wildman–Crippen LogP) is 1.18. The number of hydrogen-bond acceptors (Lipinski definition) is 2. The lowest BCUT2D eigenvalue weighted by Crippen LogP contribution is -2.47. The molecular formula is C10H20N2. The lowest BCUT2D eigenvalue weighted by atomic mass is 10.3. The molecule has 1 aliphatic heterocycles. The maximum absolute atomic E-state index is 2.67. The molecule has 0 N–H and O–H groups in total. The van der Waals surface area contributed by atoms with Gasteiger partial charge in [0.05, 0.1) is 0 Å². The summed E-state index contributed by atoms with van der Waals surface area (Å²) in [5.74, 6) is 0. The van der Waals surface area contributed by atoms with Gasteiger partial charge in [-0.2, -0.15) is 0 Å². The average Bonchev–Trinajstić information content (AvgIpc) is 2.89. The Bertz CT molecular complexity index is 135. The van der Waals surface area contributed by atoms with Crippen LogP contribution in [0.4, 0.5) is 0 Å². The zero-order chi connectivity index (χ0) is 8.39. The number of rotatable bonds is 3. The first-order valence-corrected chi connectivity index (χ1v) is 5.36. The molecule has 2 heteroatoms. The molecule has 2 rings (SSSR count). The smallest absolute Gasteiger partial charge is 0.0113 e. The number of hydrogen-bond donors (Lipinski definition) is 0. The molecule has 1 saturated carbocycles. The van der Waals surface area contributed by atoms with E-state index in [1.54, 1.807) is 0 Å². The Morgan fingerprint density at radius 2 is 1.75 bits per heavy atom. The quantitative estimate of drug-likeness (QED) is 0.624. The Morgan fingerprint density at radius 3 is 2.25 bits per heavy atom. The lowest BCUT2D eigenvalue weighted by Gasteiger charge is -2.34. The van der Waals surface area contributed by atoms with Crippen LogP contribution in [0.3, 0.4) is 0 Å². The van der Waals surface area contributed by atoms with E-state index in [-0.39, 0.29) is 0 Å². The van der Waals surface area contributed by atoms with E-state index in [9.17, 15) is 0 Å². The van der Waals surface area contributed by atoms with Gasteiger partial charge in [0.25, 0.3) is 0 Å². The molecule has 1 aliphatic carbocycles. The summed E-state index contributed by atoms with van der Waals surface area (Å²) in [7, 11) is 0. The Kier molecular flexibility index (Phi) is 2.66. The fraction of sp³-hybridized carbons (Fsp3) is 1.00. The molecule has 0 spiro atoms. The van der Waals surface area contributed by atoms with Crippen molar-refractivity contribution in [3.63, 3.8) is 0 Å². The average molecular weight is 168 g/mol. The summed E-state index contributed by atoms with van der Waals surface area (Å²) in [6, 6.07) is 0.980. The molecule has 1 saturated heterocycles. The highest BCUT2D eigenvalue weighted by Crippen LogP contribution is 2.27. The third kappa shape index (κ3) is 1.99. The van der Waals surface area contributed by atoms with Crippen LogP contribution in [0.15, 0.2) is 0 Å². The SMILES string of the molecule is CCCN1CCN(C2CC2)CC1. The molecule has 1 heterocycles. The Morgan fingerprint density at radius 1 is 1.08 bits per heavy atom. The van der Waals surface area contributed by atoms with E-state index in [1.807, 2.05) is 0 Å². The van der Waals surface area contributed by atoms with Crippen molar-refractivity contribution < 1.29 is 0 Å². The Hall–Kier alpha value is -0.0800. The van der Waals surface area contributed by atoms with Gasteiger partial charge < -0.3 is 4.90 Å². The van der Waals surface area contributed by atoms with Gasteiger partial charge in [-0.15, -0.1) is 0 Å². The van der Waals surface area contributed by atoms with Crippen LogP contribution in [-0.4, -0.2) is 48.6 Å². The molecule has 70 valence electrons. The third-order valence-electron chi connectivity index (χ3n) is 3.01. The molecule has 0 bridgehead atoms. The summed E-state index contributed by atoms with van der Waals surface area (Å²) in [5, 5.41) is 0. The molecule has 0 aromatic heterocycles. The van der Waals surface area contributed by atoms with Crippen molar-refractivity contribution in [1.82, 2.24) is 9.80 Å². The van der Waals surface area contributed by atoms with Crippen LogP contribution < -0.4 is 0 Å².